The van der Waals surface area contributed by atoms with Gasteiger partial charge in [-0.05, 0) is 46.9 Å². The molecule has 0 aliphatic carbocycles. The van der Waals surface area contributed by atoms with Crippen LogP contribution < -0.4 is 5.32 Å². The van der Waals surface area contributed by atoms with Gasteiger partial charge < -0.3 is 10.4 Å². The van der Waals surface area contributed by atoms with E-state index >= 15 is 0 Å². The van der Waals surface area contributed by atoms with E-state index in [2.05, 4.69) is 60.7 Å². The predicted molar refractivity (Wildman–Crippen MR) is 85.7 cm³/mol. The zero-order chi connectivity index (χ0) is 16.2. The van der Waals surface area contributed by atoms with Crippen LogP contribution in [0.1, 0.15) is 45.7 Å². The van der Waals surface area contributed by atoms with Crippen molar-refractivity contribution in [2.45, 2.75) is 46.2 Å². The van der Waals surface area contributed by atoms with E-state index in [-0.39, 0.29) is 24.1 Å². The van der Waals surface area contributed by atoms with Crippen LogP contribution in [-0.4, -0.2) is 38.0 Å². The van der Waals surface area contributed by atoms with Crippen molar-refractivity contribution in [3.63, 3.8) is 0 Å². The molecule has 0 saturated carbocycles. The Balaban J connectivity index is 2.01. The first-order valence-corrected chi connectivity index (χ1v) is 7.59. The van der Waals surface area contributed by atoms with Gasteiger partial charge in [0.25, 0.3) is 0 Å². The minimum atomic E-state index is 0.0918. The van der Waals surface area contributed by atoms with Crippen LogP contribution in [0, 0.1) is 5.41 Å². The molecule has 0 saturated heterocycles. The number of aromatic nitrogens is 4. The van der Waals surface area contributed by atoms with Crippen molar-refractivity contribution >= 4 is 0 Å². The van der Waals surface area contributed by atoms with Crippen molar-refractivity contribution in [3.8, 4) is 5.69 Å². The second-order valence-corrected chi connectivity index (χ2v) is 6.88. The van der Waals surface area contributed by atoms with E-state index < -0.39 is 0 Å². The highest BCUT2D eigenvalue weighted by Crippen LogP contribution is 2.23. The van der Waals surface area contributed by atoms with Crippen LogP contribution in [0.4, 0.5) is 0 Å². The van der Waals surface area contributed by atoms with Crippen LogP contribution in [0.25, 0.3) is 5.69 Å². The fourth-order valence-corrected chi connectivity index (χ4v) is 2.56. The standard InChI is InChI=1S/C16H25N5O/c1-12(18-14(10-22)9-16(2,3)4)13-5-7-15(8-6-13)21-11-17-19-20-21/h5-8,11-12,14,18,22H,9-10H2,1-4H3. The monoisotopic (exact) mass is 303 g/mol. The molecule has 120 valence electrons. The molecule has 0 radical (unpaired) electrons. The molecule has 0 amide bonds. The normalized spacial score (nSPS) is 14.8. The first-order valence-electron chi connectivity index (χ1n) is 7.59. The van der Waals surface area contributed by atoms with Crippen molar-refractivity contribution < 1.29 is 5.11 Å². The summed E-state index contributed by atoms with van der Waals surface area (Å²) in [6.45, 7) is 8.80. The molecule has 6 nitrogen and oxygen atoms in total. The third-order valence-electron chi connectivity index (χ3n) is 3.57. The van der Waals surface area contributed by atoms with Crippen molar-refractivity contribution in [1.29, 1.82) is 0 Å². The van der Waals surface area contributed by atoms with Gasteiger partial charge in [0.15, 0.2) is 0 Å². The molecule has 0 spiro atoms. The Labute approximate surface area is 131 Å². The minimum Gasteiger partial charge on any atom is -0.395 e. The van der Waals surface area contributed by atoms with Gasteiger partial charge in [-0.2, -0.15) is 0 Å². The molecule has 0 aliphatic heterocycles. The lowest BCUT2D eigenvalue weighted by Gasteiger charge is -2.28. The molecule has 1 heterocycles. The summed E-state index contributed by atoms with van der Waals surface area (Å²) >= 11 is 0. The molecule has 2 N–H and O–H groups in total. The smallest absolute Gasteiger partial charge is 0.143 e. The Morgan fingerprint density at radius 2 is 1.91 bits per heavy atom. The van der Waals surface area contributed by atoms with Gasteiger partial charge in [0.05, 0.1) is 12.3 Å². The van der Waals surface area contributed by atoms with Crippen LogP contribution >= 0.6 is 0 Å². The first-order chi connectivity index (χ1) is 10.4. The summed E-state index contributed by atoms with van der Waals surface area (Å²) < 4.78 is 1.62. The molecule has 1 aromatic heterocycles. The molecular weight excluding hydrogens is 278 g/mol. The Kier molecular flexibility index (Phi) is 5.26. The minimum absolute atomic E-state index is 0.0918. The second kappa shape index (κ2) is 6.98. The van der Waals surface area contributed by atoms with Gasteiger partial charge >= 0.3 is 0 Å². The highest BCUT2D eigenvalue weighted by Gasteiger charge is 2.20. The van der Waals surface area contributed by atoms with Crippen molar-refractivity contribution in [3.05, 3.63) is 36.2 Å². The molecule has 22 heavy (non-hydrogen) atoms. The average molecular weight is 303 g/mol. The number of hydrogen-bond acceptors (Lipinski definition) is 5. The number of aliphatic hydroxyl groups excluding tert-OH is 1. The Bertz CT molecular complexity index is 559. The maximum atomic E-state index is 9.57. The molecule has 1 aromatic carbocycles. The predicted octanol–water partition coefficient (Wildman–Crippen LogP) is 2.11. The number of hydrogen-bond donors (Lipinski definition) is 2. The summed E-state index contributed by atoms with van der Waals surface area (Å²) in [6.07, 6.45) is 2.50. The van der Waals surface area contributed by atoms with Gasteiger partial charge in [0.1, 0.15) is 6.33 Å². The largest absolute Gasteiger partial charge is 0.395 e. The van der Waals surface area contributed by atoms with Gasteiger partial charge in [-0.15, -0.1) is 5.10 Å². The topological polar surface area (TPSA) is 75.9 Å². The molecule has 6 heteroatoms. The quantitative estimate of drug-likeness (QED) is 0.855. The average Bonchev–Trinajstić information content (AvgIpc) is 2.99. The first kappa shape index (κ1) is 16.6. The highest BCUT2D eigenvalue weighted by molar-refractivity contribution is 5.34. The van der Waals surface area contributed by atoms with Gasteiger partial charge in [-0.3, -0.25) is 0 Å². The van der Waals surface area contributed by atoms with Crippen molar-refractivity contribution in [2.75, 3.05) is 6.61 Å². The molecule has 2 aromatic rings. The van der Waals surface area contributed by atoms with Crippen LogP contribution in [0.2, 0.25) is 0 Å². The lowest BCUT2D eigenvalue weighted by Crippen LogP contribution is -2.37. The molecule has 0 bridgehead atoms. The third-order valence-corrected chi connectivity index (χ3v) is 3.57. The summed E-state index contributed by atoms with van der Waals surface area (Å²) in [5, 5.41) is 24.2. The van der Waals surface area contributed by atoms with Crippen molar-refractivity contribution in [2.24, 2.45) is 5.41 Å². The SMILES string of the molecule is CC(NC(CO)CC(C)(C)C)c1ccc(-n2cnnn2)cc1. The van der Waals surface area contributed by atoms with Gasteiger partial charge in [0.2, 0.25) is 0 Å². The van der Waals surface area contributed by atoms with Crippen molar-refractivity contribution in [1.82, 2.24) is 25.5 Å². The van der Waals surface area contributed by atoms with Crippen LogP contribution in [0.3, 0.4) is 0 Å². The molecule has 2 rings (SSSR count). The van der Waals surface area contributed by atoms with Crippen LogP contribution in [0.5, 0.6) is 0 Å². The van der Waals surface area contributed by atoms with Gasteiger partial charge in [0, 0.05) is 12.1 Å². The van der Waals surface area contributed by atoms with Crippen LogP contribution in [-0.2, 0) is 0 Å². The van der Waals surface area contributed by atoms with Gasteiger partial charge in [-0.1, -0.05) is 32.9 Å². The van der Waals surface area contributed by atoms with E-state index in [4.69, 9.17) is 0 Å². The summed E-state index contributed by atoms with van der Waals surface area (Å²) in [6, 6.07) is 8.35. The Hall–Kier alpha value is -1.79. The lowest BCUT2D eigenvalue weighted by molar-refractivity contribution is 0.190. The fourth-order valence-electron chi connectivity index (χ4n) is 2.56. The zero-order valence-electron chi connectivity index (χ0n) is 13.7. The van der Waals surface area contributed by atoms with E-state index in [0.29, 0.717) is 0 Å². The molecular formula is C16H25N5O. The number of nitrogens with zero attached hydrogens (tertiary/aromatic N) is 4. The van der Waals surface area contributed by atoms with E-state index in [0.717, 1.165) is 12.1 Å². The maximum absolute atomic E-state index is 9.57. The summed E-state index contributed by atoms with van der Waals surface area (Å²) in [7, 11) is 0. The fraction of sp³-hybridized carbons (Fsp3) is 0.562. The molecule has 0 fully saturated rings. The third kappa shape index (κ3) is 4.61. The number of tetrazole rings is 1. The molecule has 0 aliphatic rings. The Morgan fingerprint density at radius 3 is 2.41 bits per heavy atom. The molecule has 2 atom stereocenters. The maximum Gasteiger partial charge on any atom is 0.143 e. The van der Waals surface area contributed by atoms with Crippen LogP contribution in [0.15, 0.2) is 30.6 Å². The van der Waals surface area contributed by atoms with E-state index in [1.54, 1.807) is 11.0 Å². The Morgan fingerprint density at radius 1 is 1.23 bits per heavy atom. The summed E-state index contributed by atoms with van der Waals surface area (Å²) in [5.74, 6) is 0. The second-order valence-electron chi connectivity index (χ2n) is 6.88. The van der Waals surface area contributed by atoms with E-state index in [1.165, 1.54) is 5.56 Å². The molecule has 2 unspecified atom stereocenters. The highest BCUT2D eigenvalue weighted by atomic mass is 16.3. The van der Waals surface area contributed by atoms with E-state index in [1.807, 2.05) is 12.1 Å². The summed E-state index contributed by atoms with van der Waals surface area (Å²) in [4.78, 5) is 0. The van der Waals surface area contributed by atoms with Gasteiger partial charge in [-0.25, -0.2) is 4.68 Å². The summed E-state index contributed by atoms with van der Waals surface area (Å²) in [5.41, 5.74) is 2.28. The van der Waals surface area contributed by atoms with E-state index in [9.17, 15) is 5.11 Å². The number of nitrogens with one attached hydrogen (secondary N) is 1. The number of aliphatic hydroxyl groups is 1. The number of benzene rings is 1. The number of rotatable bonds is 6. The zero-order valence-corrected chi connectivity index (χ0v) is 13.7. The lowest BCUT2D eigenvalue weighted by atomic mass is 9.88.